The molecule has 0 N–H and O–H groups in total. The molecule has 0 unspecified atom stereocenters. The Kier molecular flexibility index (Phi) is 3.19. The summed E-state index contributed by atoms with van der Waals surface area (Å²) in [6.45, 7) is 5.52. The Labute approximate surface area is 61.0 Å². The fourth-order valence-corrected chi connectivity index (χ4v) is 0.596. The highest BCUT2D eigenvalue weighted by Gasteiger charge is 2.24. The average Bonchev–Trinajstić information content (AvgIpc) is 1.87. The van der Waals surface area contributed by atoms with Gasteiger partial charge in [-0.15, -0.1) is 0 Å². The molecule has 3 nitrogen and oxygen atoms in total. The van der Waals surface area contributed by atoms with Crippen LogP contribution >= 0.6 is 0 Å². The first-order chi connectivity index (χ1) is 4.54. The molecule has 0 amide bonds. The summed E-state index contributed by atoms with van der Waals surface area (Å²) >= 11 is 0. The number of hydrogen-bond donors (Lipinski definition) is 0. The number of ether oxygens (including phenoxy) is 1. The van der Waals surface area contributed by atoms with Gasteiger partial charge in [-0.3, -0.25) is 0 Å². The minimum atomic E-state index is -1.44. The van der Waals surface area contributed by atoms with Gasteiger partial charge in [0, 0.05) is 0 Å². The Bertz CT molecular complexity index is 116. The van der Waals surface area contributed by atoms with Crippen LogP contribution in [-0.4, -0.2) is 11.8 Å². The van der Waals surface area contributed by atoms with E-state index in [-0.39, 0.29) is 0 Å². The van der Waals surface area contributed by atoms with Crippen LogP contribution in [0.2, 0.25) is 0 Å². The van der Waals surface area contributed by atoms with Crippen molar-refractivity contribution >= 4 is 6.16 Å². The third-order valence-corrected chi connectivity index (χ3v) is 1.83. The molecule has 0 spiro atoms. The van der Waals surface area contributed by atoms with Crippen LogP contribution in [0.3, 0.4) is 0 Å². The van der Waals surface area contributed by atoms with Crippen molar-refractivity contribution in [1.82, 2.24) is 0 Å². The first kappa shape index (κ1) is 9.27. The quantitative estimate of drug-likeness (QED) is 0.571. The first-order valence-electron chi connectivity index (χ1n) is 3.44. The normalized spacial score (nSPS) is 11.1. The summed E-state index contributed by atoms with van der Waals surface area (Å²) in [5, 5.41) is 10.00. The van der Waals surface area contributed by atoms with Crippen LogP contribution < -0.4 is 0 Å². The SMILES string of the molecule is CCC(C)(CC)OC([O])=O. The van der Waals surface area contributed by atoms with E-state index in [1.54, 1.807) is 6.92 Å². The standard InChI is InChI=1S/C7H13O3/c1-4-7(3,5-2)10-6(8)9/h4-5H2,1-3H3. The van der Waals surface area contributed by atoms with E-state index >= 15 is 0 Å². The molecule has 0 aromatic heterocycles. The van der Waals surface area contributed by atoms with Gasteiger partial charge in [0.15, 0.2) is 0 Å². The van der Waals surface area contributed by atoms with Crippen LogP contribution in [0.1, 0.15) is 33.6 Å². The molecule has 10 heavy (non-hydrogen) atoms. The van der Waals surface area contributed by atoms with Gasteiger partial charge in [0.1, 0.15) is 5.60 Å². The second-order valence-electron chi connectivity index (χ2n) is 2.51. The third-order valence-electron chi connectivity index (χ3n) is 1.83. The summed E-state index contributed by atoms with van der Waals surface area (Å²) in [5.41, 5.74) is -0.557. The first-order valence-corrected chi connectivity index (χ1v) is 3.44. The van der Waals surface area contributed by atoms with Crippen molar-refractivity contribution in [1.29, 1.82) is 0 Å². The number of carbonyl (C=O) groups is 1. The zero-order chi connectivity index (χ0) is 8.20. The molecule has 0 atom stereocenters. The highest BCUT2D eigenvalue weighted by atomic mass is 16.7. The molecule has 0 fully saturated rings. The van der Waals surface area contributed by atoms with E-state index in [9.17, 15) is 9.90 Å². The van der Waals surface area contributed by atoms with Crippen molar-refractivity contribution in [2.75, 3.05) is 0 Å². The van der Waals surface area contributed by atoms with Gasteiger partial charge in [0.25, 0.3) is 0 Å². The summed E-state index contributed by atoms with van der Waals surface area (Å²) in [7, 11) is 0. The van der Waals surface area contributed by atoms with Crippen LogP contribution in [0, 0.1) is 0 Å². The summed E-state index contributed by atoms with van der Waals surface area (Å²) in [6, 6.07) is 0. The van der Waals surface area contributed by atoms with E-state index in [1.165, 1.54) is 0 Å². The predicted octanol–water partition coefficient (Wildman–Crippen LogP) is 2.13. The average molecular weight is 145 g/mol. The second-order valence-corrected chi connectivity index (χ2v) is 2.51. The van der Waals surface area contributed by atoms with Crippen molar-refractivity contribution in [2.24, 2.45) is 0 Å². The zero-order valence-electron chi connectivity index (χ0n) is 6.64. The predicted molar refractivity (Wildman–Crippen MR) is 36.2 cm³/mol. The van der Waals surface area contributed by atoms with Gasteiger partial charge >= 0.3 is 6.16 Å². The van der Waals surface area contributed by atoms with Gasteiger partial charge in [-0.2, -0.15) is 9.90 Å². The maximum absolute atomic E-state index is 10.00. The minimum absolute atomic E-state index is 0.557. The Hall–Kier alpha value is -0.730. The molecule has 59 valence electrons. The Morgan fingerprint density at radius 3 is 1.90 bits per heavy atom. The van der Waals surface area contributed by atoms with Crippen LogP contribution in [0.25, 0.3) is 0 Å². The lowest BCUT2D eigenvalue weighted by Crippen LogP contribution is -2.28. The lowest BCUT2D eigenvalue weighted by Gasteiger charge is -2.23. The summed E-state index contributed by atoms with van der Waals surface area (Å²) in [5.74, 6) is 0. The van der Waals surface area contributed by atoms with E-state index in [1.807, 2.05) is 13.8 Å². The van der Waals surface area contributed by atoms with E-state index in [0.717, 1.165) is 0 Å². The monoisotopic (exact) mass is 145 g/mol. The van der Waals surface area contributed by atoms with E-state index < -0.39 is 11.8 Å². The van der Waals surface area contributed by atoms with Crippen molar-refractivity contribution in [3.63, 3.8) is 0 Å². The van der Waals surface area contributed by atoms with Gasteiger partial charge in [0.2, 0.25) is 0 Å². The molecule has 1 radical (unpaired) electrons. The van der Waals surface area contributed by atoms with Crippen LogP contribution in [0.4, 0.5) is 4.79 Å². The van der Waals surface area contributed by atoms with Crippen LogP contribution in [-0.2, 0) is 9.84 Å². The Morgan fingerprint density at radius 2 is 1.80 bits per heavy atom. The number of rotatable bonds is 3. The highest BCUT2D eigenvalue weighted by Crippen LogP contribution is 2.18. The molecule has 0 aliphatic heterocycles. The molecule has 3 heteroatoms. The second kappa shape index (κ2) is 3.44. The lowest BCUT2D eigenvalue weighted by molar-refractivity contribution is -0.0254. The van der Waals surface area contributed by atoms with Crippen LogP contribution in [0.15, 0.2) is 0 Å². The van der Waals surface area contributed by atoms with Gasteiger partial charge in [-0.05, 0) is 19.8 Å². The van der Waals surface area contributed by atoms with Gasteiger partial charge in [-0.1, -0.05) is 13.8 Å². The molecular formula is C7H13O3. The maximum atomic E-state index is 10.00. The fraction of sp³-hybridized carbons (Fsp3) is 0.857. The van der Waals surface area contributed by atoms with Gasteiger partial charge in [0.05, 0.1) is 0 Å². The molecule has 0 aliphatic carbocycles. The zero-order valence-corrected chi connectivity index (χ0v) is 6.64. The maximum Gasteiger partial charge on any atom is 0.550 e. The van der Waals surface area contributed by atoms with Crippen molar-refractivity contribution in [3.8, 4) is 0 Å². The molecule has 0 heterocycles. The van der Waals surface area contributed by atoms with Crippen molar-refractivity contribution < 1.29 is 14.6 Å². The van der Waals surface area contributed by atoms with E-state index in [0.29, 0.717) is 12.8 Å². The fourth-order valence-electron chi connectivity index (χ4n) is 0.596. The smallest absolute Gasteiger partial charge is 0.425 e. The van der Waals surface area contributed by atoms with E-state index in [4.69, 9.17) is 0 Å². The number of hydrogen-bond acceptors (Lipinski definition) is 2. The summed E-state index contributed by atoms with van der Waals surface area (Å²) in [4.78, 5) is 10.00. The summed E-state index contributed by atoms with van der Waals surface area (Å²) < 4.78 is 4.54. The molecule has 0 saturated carbocycles. The molecule has 0 saturated heterocycles. The topological polar surface area (TPSA) is 46.2 Å². The molecule has 0 rings (SSSR count). The van der Waals surface area contributed by atoms with Crippen molar-refractivity contribution in [2.45, 2.75) is 39.2 Å². The highest BCUT2D eigenvalue weighted by molar-refractivity contribution is 5.57. The van der Waals surface area contributed by atoms with Gasteiger partial charge < -0.3 is 4.74 Å². The van der Waals surface area contributed by atoms with Crippen molar-refractivity contribution in [3.05, 3.63) is 0 Å². The molecule has 0 aromatic carbocycles. The van der Waals surface area contributed by atoms with Gasteiger partial charge in [-0.25, -0.2) is 0 Å². The molecule has 0 aliphatic rings. The third kappa shape index (κ3) is 2.71. The Morgan fingerprint density at radius 1 is 1.40 bits per heavy atom. The molecule has 0 bridgehead atoms. The van der Waals surface area contributed by atoms with E-state index in [2.05, 4.69) is 4.74 Å². The minimum Gasteiger partial charge on any atom is -0.425 e. The molecular weight excluding hydrogens is 132 g/mol. The van der Waals surface area contributed by atoms with Crippen LogP contribution in [0.5, 0.6) is 0 Å². The number of carbonyl (C=O) groups excluding carboxylic acids is 1. The largest absolute Gasteiger partial charge is 0.550 e. The molecule has 0 aromatic rings. The Balaban J connectivity index is 3.92. The lowest BCUT2D eigenvalue weighted by atomic mass is 10.0. The summed E-state index contributed by atoms with van der Waals surface area (Å²) in [6.07, 6.45) is -0.0826.